The van der Waals surface area contributed by atoms with Gasteiger partial charge >= 0.3 is 0 Å². The summed E-state index contributed by atoms with van der Waals surface area (Å²) in [5.74, 6) is 0.809. The molecule has 5 nitrogen and oxygen atoms in total. The molecule has 0 aliphatic carbocycles. The largest absolute Gasteiger partial charge is 0.494 e. The Morgan fingerprint density at radius 1 is 0.861 bits per heavy atom. The van der Waals surface area contributed by atoms with Gasteiger partial charge in [-0.25, -0.2) is 8.42 Å². The molecule has 0 amide bonds. The molecule has 0 fully saturated rings. The highest BCUT2D eigenvalue weighted by molar-refractivity contribution is 7.91. The molecule has 1 aromatic carbocycles. The molecule has 0 N–H and O–H groups in total. The van der Waals surface area contributed by atoms with Crippen LogP contribution in [0.15, 0.2) is 64.6 Å². The Hall–Kier alpha value is -2.31. The van der Waals surface area contributed by atoms with Crippen LogP contribution in [0, 0.1) is 0 Å². The van der Waals surface area contributed by atoms with E-state index in [2.05, 4.69) is 18.7 Å². The molecule has 0 saturated heterocycles. The second-order valence-corrected chi connectivity index (χ2v) is 11.9. The van der Waals surface area contributed by atoms with E-state index in [4.69, 9.17) is 4.74 Å². The number of rotatable bonds is 16. The molecule has 6 heteroatoms. The fourth-order valence-electron chi connectivity index (χ4n) is 4.64. The maximum atomic E-state index is 13.6. The summed E-state index contributed by atoms with van der Waals surface area (Å²) in [6.45, 7) is 12.5. The van der Waals surface area contributed by atoms with Gasteiger partial charge in [0.15, 0.2) is 0 Å². The number of pyridine rings is 1. The van der Waals surface area contributed by atoms with Gasteiger partial charge in [0.1, 0.15) is 10.6 Å². The highest BCUT2D eigenvalue weighted by Crippen LogP contribution is 2.34. The Labute approximate surface area is 218 Å². The lowest BCUT2D eigenvalue weighted by Gasteiger charge is -2.22. The summed E-state index contributed by atoms with van der Waals surface area (Å²) in [6.07, 6.45) is 12.4. The van der Waals surface area contributed by atoms with Gasteiger partial charge in [-0.3, -0.25) is 0 Å². The number of aromatic nitrogens is 1. The van der Waals surface area contributed by atoms with Crippen molar-refractivity contribution in [2.75, 3.05) is 26.2 Å². The van der Waals surface area contributed by atoms with Crippen molar-refractivity contribution in [2.45, 2.75) is 88.3 Å². The zero-order chi connectivity index (χ0) is 26.0. The number of benzene rings is 1. The number of unbranched alkanes of at least 4 members (excludes halogenated alkanes) is 4. The molecule has 0 unspecified atom stereocenters. The number of ether oxygens (including phenoxy) is 1. The van der Waals surface area contributed by atoms with Crippen LogP contribution in [-0.4, -0.2) is 44.0 Å². The maximum Gasteiger partial charge on any atom is 0.209 e. The molecule has 0 aliphatic rings. The number of nitrogens with zero attached hydrogens (tertiary/aromatic N) is 2. The van der Waals surface area contributed by atoms with Gasteiger partial charge in [0, 0.05) is 18.9 Å². The van der Waals surface area contributed by atoms with Gasteiger partial charge in [0.25, 0.3) is 0 Å². The van der Waals surface area contributed by atoms with E-state index in [1.807, 2.05) is 48.8 Å². The van der Waals surface area contributed by atoms with Gasteiger partial charge in [-0.05, 0) is 80.2 Å². The second-order valence-electron chi connectivity index (χ2n) is 9.99. The lowest BCUT2D eigenvalue weighted by Crippen LogP contribution is -2.28. The van der Waals surface area contributed by atoms with Crippen LogP contribution in [0.5, 0.6) is 5.75 Å². The molecule has 3 rings (SSSR count). The highest BCUT2D eigenvalue weighted by atomic mass is 32.2. The average Bonchev–Trinajstić information content (AvgIpc) is 3.28. The lowest BCUT2D eigenvalue weighted by atomic mass is 10.1. The van der Waals surface area contributed by atoms with Crippen LogP contribution in [0.1, 0.15) is 84.1 Å². The minimum Gasteiger partial charge on any atom is -0.494 e. The first-order valence-corrected chi connectivity index (χ1v) is 15.2. The van der Waals surface area contributed by atoms with E-state index >= 15 is 0 Å². The standard InChI is InChI=1S/C30H44N2O3S/c1-5-7-10-19-31(20-11-8-6-2)21-13-23-35-26-15-17-27(18-16-26)36(33,34)30-28(25(3)4)24-32-22-12-9-14-29(30)32/h9,12,14-18,22,24-25H,5-8,10-11,13,19-21,23H2,1-4H3. The molecule has 0 saturated carbocycles. The van der Waals surface area contributed by atoms with Gasteiger partial charge in [-0.2, -0.15) is 0 Å². The number of hydrogen-bond acceptors (Lipinski definition) is 4. The van der Waals surface area contributed by atoms with Crippen molar-refractivity contribution >= 4 is 15.4 Å². The van der Waals surface area contributed by atoms with Crippen LogP contribution in [0.3, 0.4) is 0 Å². The summed E-state index contributed by atoms with van der Waals surface area (Å²) >= 11 is 0. The average molecular weight is 513 g/mol. The smallest absolute Gasteiger partial charge is 0.209 e. The number of hydrogen-bond donors (Lipinski definition) is 0. The van der Waals surface area contributed by atoms with E-state index < -0.39 is 9.84 Å². The van der Waals surface area contributed by atoms with Crippen LogP contribution in [0.25, 0.3) is 5.52 Å². The predicted octanol–water partition coefficient (Wildman–Crippen LogP) is 7.35. The van der Waals surface area contributed by atoms with E-state index in [1.54, 1.807) is 24.3 Å². The van der Waals surface area contributed by atoms with Crippen LogP contribution >= 0.6 is 0 Å². The summed E-state index contributed by atoms with van der Waals surface area (Å²) in [5.41, 5.74) is 1.55. The molecule has 3 aromatic rings. The maximum absolute atomic E-state index is 13.6. The van der Waals surface area contributed by atoms with Gasteiger partial charge in [-0.1, -0.05) is 59.4 Å². The summed E-state index contributed by atoms with van der Waals surface area (Å²) < 4.78 is 35.1. The first kappa shape index (κ1) is 28.3. The molecule has 0 aliphatic heterocycles. The Bertz CT molecular complexity index is 1160. The normalized spacial score (nSPS) is 12.2. The Balaban J connectivity index is 1.62. The van der Waals surface area contributed by atoms with Crippen molar-refractivity contribution in [3.8, 4) is 5.75 Å². The molecule has 36 heavy (non-hydrogen) atoms. The summed E-state index contributed by atoms with van der Waals surface area (Å²) in [7, 11) is -3.66. The summed E-state index contributed by atoms with van der Waals surface area (Å²) in [4.78, 5) is 3.27. The van der Waals surface area contributed by atoms with Crippen LogP contribution < -0.4 is 4.74 Å². The van der Waals surface area contributed by atoms with Gasteiger partial charge < -0.3 is 14.0 Å². The van der Waals surface area contributed by atoms with Crippen molar-refractivity contribution in [3.63, 3.8) is 0 Å². The minimum absolute atomic E-state index is 0.0980. The summed E-state index contributed by atoms with van der Waals surface area (Å²) in [5, 5.41) is 0. The molecular weight excluding hydrogens is 468 g/mol. The SMILES string of the molecule is CCCCCN(CCCCC)CCCOc1ccc(S(=O)(=O)c2c(C(C)C)cn3ccccc23)cc1. The fraction of sp³-hybridized carbons (Fsp3) is 0.533. The van der Waals surface area contributed by atoms with E-state index in [9.17, 15) is 8.42 Å². The van der Waals surface area contributed by atoms with Crippen molar-refractivity contribution in [1.82, 2.24) is 9.30 Å². The van der Waals surface area contributed by atoms with E-state index in [1.165, 1.54) is 38.5 Å². The van der Waals surface area contributed by atoms with Crippen molar-refractivity contribution < 1.29 is 13.2 Å². The first-order valence-electron chi connectivity index (χ1n) is 13.7. The Morgan fingerprint density at radius 2 is 1.50 bits per heavy atom. The predicted molar refractivity (Wildman–Crippen MR) is 149 cm³/mol. The third-order valence-electron chi connectivity index (χ3n) is 6.73. The fourth-order valence-corrected chi connectivity index (χ4v) is 6.42. The zero-order valence-electron chi connectivity index (χ0n) is 22.6. The molecule has 2 heterocycles. The highest BCUT2D eigenvalue weighted by Gasteiger charge is 2.27. The monoisotopic (exact) mass is 512 g/mol. The van der Waals surface area contributed by atoms with Crippen LogP contribution in [0.2, 0.25) is 0 Å². The molecular formula is C30H44N2O3S. The topological polar surface area (TPSA) is 51.0 Å². The Kier molecular flexibility index (Phi) is 10.9. The molecule has 198 valence electrons. The first-order chi connectivity index (χ1) is 17.4. The molecule has 0 radical (unpaired) electrons. The molecule has 2 aromatic heterocycles. The van der Waals surface area contributed by atoms with Crippen molar-refractivity contribution in [3.05, 3.63) is 60.4 Å². The zero-order valence-corrected chi connectivity index (χ0v) is 23.4. The van der Waals surface area contributed by atoms with Gasteiger partial charge in [-0.15, -0.1) is 0 Å². The number of sulfone groups is 1. The third-order valence-corrected chi connectivity index (χ3v) is 8.61. The minimum atomic E-state index is -3.66. The van der Waals surface area contributed by atoms with E-state index in [0.29, 0.717) is 27.7 Å². The molecule has 0 atom stereocenters. The second kappa shape index (κ2) is 13.8. The summed E-state index contributed by atoms with van der Waals surface area (Å²) in [6, 6.07) is 12.6. The van der Waals surface area contributed by atoms with Gasteiger partial charge in [0.05, 0.1) is 17.0 Å². The van der Waals surface area contributed by atoms with E-state index in [0.717, 1.165) is 31.6 Å². The molecule has 0 spiro atoms. The quantitative estimate of drug-likeness (QED) is 0.188. The van der Waals surface area contributed by atoms with Crippen molar-refractivity contribution in [1.29, 1.82) is 0 Å². The van der Waals surface area contributed by atoms with Crippen LogP contribution in [0.4, 0.5) is 0 Å². The van der Waals surface area contributed by atoms with E-state index in [-0.39, 0.29) is 5.92 Å². The van der Waals surface area contributed by atoms with Crippen LogP contribution in [-0.2, 0) is 9.84 Å². The number of fused-ring (bicyclic) bond motifs is 1. The molecule has 0 bridgehead atoms. The Morgan fingerprint density at radius 3 is 2.11 bits per heavy atom. The van der Waals surface area contributed by atoms with Gasteiger partial charge in [0.2, 0.25) is 9.84 Å². The third kappa shape index (κ3) is 7.36. The van der Waals surface area contributed by atoms with Crippen molar-refractivity contribution in [2.24, 2.45) is 0 Å². The lowest BCUT2D eigenvalue weighted by molar-refractivity contribution is 0.227.